The molecule has 6 nitrogen and oxygen atoms in total. The van der Waals surface area contributed by atoms with E-state index in [0.29, 0.717) is 25.4 Å². The summed E-state index contributed by atoms with van der Waals surface area (Å²) in [5, 5.41) is 0. The van der Waals surface area contributed by atoms with E-state index in [4.69, 9.17) is 9.15 Å². The predicted octanol–water partition coefficient (Wildman–Crippen LogP) is 2.02. The molecule has 1 aliphatic rings. The number of hydrogen-bond donors (Lipinski definition) is 0. The van der Waals surface area contributed by atoms with Crippen LogP contribution in [-0.4, -0.2) is 44.2 Å². The standard InChI is InChI=1S/C16H20N2O4S/c1-21-14-5-3-4-12(8-14)9-15-10-17-16(22-15)13-6-7-18(11-13)23(2,19)20/h3-5,8,10,13H,6-7,9,11H2,1-2H3/t13-/m0/s1. The van der Waals surface area contributed by atoms with Crippen LogP contribution in [0.25, 0.3) is 0 Å². The lowest BCUT2D eigenvalue weighted by Gasteiger charge is -2.11. The molecule has 1 aromatic carbocycles. The number of hydrogen-bond acceptors (Lipinski definition) is 5. The Morgan fingerprint density at radius 2 is 2.26 bits per heavy atom. The fraction of sp³-hybridized carbons (Fsp3) is 0.438. The zero-order chi connectivity index (χ0) is 16.4. The highest BCUT2D eigenvalue weighted by Gasteiger charge is 2.32. The van der Waals surface area contributed by atoms with E-state index in [-0.39, 0.29) is 5.92 Å². The van der Waals surface area contributed by atoms with E-state index >= 15 is 0 Å². The smallest absolute Gasteiger partial charge is 0.211 e. The number of sulfonamides is 1. The Bertz CT molecular complexity index is 785. The molecule has 2 heterocycles. The molecule has 23 heavy (non-hydrogen) atoms. The number of ether oxygens (including phenoxy) is 1. The van der Waals surface area contributed by atoms with E-state index in [1.165, 1.54) is 10.6 Å². The fourth-order valence-corrected chi connectivity index (χ4v) is 3.70. The number of oxazole rings is 1. The van der Waals surface area contributed by atoms with E-state index < -0.39 is 10.0 Å². The molecule has 0 saturated carbocycles. The van der Waals surface area contributed by atoms with Crippen molar-refractivity contribution in [2.45, 2.75) is 18.8 Å². The predicted molar refractivity (Wildman–Crippen MR) is 86.1 cm³/mol. The summed E-state index contributed by atoms with van der Waals surface area (Å²) in [4.78, 5) is 4.33. The van der Waals surface area contributed by atoms with E-state index in [2.05, 4.69) is 4.98 Å². The van der Waals surface area contributed by atoms with Gasteiger partial charge in [0, 0.05) is 19.5 Å². The molecular formula is C16H20N2O4S. The minimum atomic E-state index is -3.14. The molecule has 0 aliphatic carbocycles. The minimum absolute atomic E-state index is 0.0313. The highest BCUT2D eigenvalue weighted by molar-refractivity contribution is 7.88. The van der Waals surface area contributed by atoms with Gasteiger partial charge in [0.15, 0.2) is 5.89 Å². The number of benzene rings is 1. The summed E-state index contributed by atoms with van der Waals surface area (Å²) in [6, 6.07) is 7.80. The lowest BCUT2D eigenvalue weighted by molar-refractivity contribution is 0.412. The molecule has 0 unspecified atom stereocenters. The van der Waals surface area contributed by atoms with E-state index in [0.717, 1.165) is 23.5 Å². The highest BCUT2D eigenvalue weighted by Crippen LogP contribution is 2.28. The Morgan fingerprint density at radius 3 is 2.96 bits per heavy atom. The van der Waals surface area contributed by atoms with Gasteiger partial charge in [0.1, 0.15) is 11.5 Å². The van der Waals surface area contributed by atoms with Gasteiger partial charge < -0.3 is 9.15 Å². The molecule has 1 aliphatic heterocycles. The minimum Gasteiger partial charge on any atom is -0.497 e. The first-order valence-electron chi connectivity index (χ1n) is 7.48. The molecule has 0 amide bonds. The quantitative estimate of drug-likeness (QED) is 0.835. The van der Waals surface area contributed by atoms with Crippen LogP contribution in [-0.2, 0) is 16.4 Å². The van der Waals surface area contributed by atoms with Crippen molar-refractivity contribution in [3.8, 4) is 5.75 Å². The lowest BCUT2D eigenvalue weighted by Crippen LogP contribution is -2.27. The Labute approximate surface area is 136 Å². The molecule has 7 heteroatoms. The van der Waals surface area contributed by atoms with Gasteiger partial charge in [-0.2, -0.15) is 0 Å². The maximum absolute atomic E-state index is 11.6. The van der Waals surface area contributed by atoms with Gasteiger partial charge in [-0.1, -0.05) is 12.1 Å². The van der Waals surface area contributed by atoms with Crippen molar-refractivity contribution in [3.63, 3.8) is 0 Å². The van der Waals surface area contributed by atoms with Gasteiger partial charge in [0.2, 0.25) is 10.0 Å². The molecule has 0 spiro atoms. The normalized spacial score (nSPS) is 19.1. The van der Waals surface area contributed by atoms with Gasteiger partial charge in [-0.05, 0) is 24.1 Å². The second-order valence-electron chi connectivity index (χ2n) is 5.80. The summed E-state index contributed by atoms with van der Waals surface area (Å²) in [5.74, 6) is 2.23. The molecular weight excluding hydrogens is 316 g/mol. The SMILES string of the molecule is COc1cccc(Cc2cnc([C@H]3CCN(S(C)(=O)=O)C3)o2)c1. The van der Waals surface area contributed by atoms with Crippen molar-refractivity contribution in [1.82, 2.24) is 9.29 Å². The molecule has 1 atom stereocenters. The number of rotatable bonds is 5. The maximum atomic E-state index is 11.6. The van der Waals surface area contributed by atoms with E-state index in [9.17, 15) is 8.42 Å². The van der Waals surface area contributed by atoms with Gasteiger partial charge in [-0.15, -0.1) is 0 Å². The fourth-order valence-electron chi connectivity index (χ4n) is 2.81. The summed E-state index contributed by atoms with van der Waals surface area (Å²) >= 11 is 0. The Kier molecular flexibility index (Phi) is 4.41. The zero-order valence-electron chi connectivity index (χ0n) is 13.2. The Hall–Kier alpha value is -1.86. The maximum Gasteiger partial charge on any atom is 0.211 e. The van der Waals surface area contributed by atoms with Gasteiger partial charge >= 0.3 is 0 Å². The van der Waals surface area contributed by atoms with Gasteiger partial charge in [0.25, 0.3) is 0 Å². The van der Waals surface area contributed by atoms with Crippen LogP contribution in [0.5, 0.6) is 5.75 Å². The van der Waals surface area contributed by atoms with Crippen LogP contribution in [0.3, 0.4) is 0 Å². The summed E-state index contributed by atoms with van der Waals surface area (Å²) in [6.45, 7) is 0.967. The van der Waals surface area contributed by atoms with Crippen LogP contribution in [0.15, 0.2) is 34.9 Å². The average molecular weight is 336 g/mol. The molecule has 3 rings (SSSR count). The molecule has 0 bridgehead atoms. The summed E-state index contributed by atoms with van der Waals surface area (Å²) in [5.41, 5.74) is 1.08. The lowest BCUT2D eigenvalue weighted by atomic mass is 10.1. The van der Waals surface area contributed by atoms with Crippen molar-refractivity contribution in [3.05, 3.63) is 47.7 Å². The highest BCUT2D eigenvalue weighted by atomic mass is 32.2. The number of methoxy groups -OCH3 is 1. The van der Waals surface area contributed by atoms with Crippen LogP contribution in [0.1, 0.15) is 29.6 Å². The van der Waals surface area contributed by atoms with Crippen molar-refractivity contribution in [2.75, 3.05) is 26.5 Å². The monoisotopic (exact) mass is 336 g/mol. The topological polar surface area (TPSA) is 72.6 Å². The average Bonchev–Trinajstić information content (AvgIpc) is 3.15. The molecule has 0 N–H and O–H groups in total. The number of nitrogens with zero attached hydrogens (tertiary/aromatic N) is 2. The molecule has 1 fully saturated rings. The Morgan fingerprint density at radius 1 is 1.43 bits per heavy atom. The Balaban J connectivity index is 1.69. The van der Waals surface area contributed by atoms with Gasteiger partial charge in [-0.25, -0.2) is 17.7 Å². The van der Waals surface area contributed by atoms with Crippen molar-refractivity contribution < 1.29 is 17.6 Å². The molecule has 1 saturated heterocycles. The van der Waals surface area contributed by atoms with Gasteiger partial charge in [0.05, 0.1) is 25.5 Å². The van der Waals surface area contributed by atoms with Gasteiger partial charge in [-0.3, -0.25) is 0 Å². The third-order valence-corrected chi connectivity index (χ3v) is 5.32. The largest absolute Gasteiger partial charge is 0.497 e. The summed E-state index contributed by atoms with van der Waals surface area (Å²) < 4.78 is 35.7. The molecule has 0 radical (unpaired) electrons. The van der Waals surface area contributed by atoms with E-state index in [1.54, 1.807) is 13.3 Å². The second-order valence-corrected chi connectivity index (χ2v) is 7.78. The van der Waals surface area contributed by atoms with Crippen LogP contribution >= 0.6 is 0 Å². The van der Waals surface area contributed by atoms with Crippen LogP contribution < -0.4 is 4.74 Å². The van der Waals surface area contributed by atoms with Crippen molar-refractivity contribution in [1.29, 1.82) is 0 Å². The first-order valence-corrected chi connectivity index (χ1v) is 9.33. The molecule has 124 valence electrons. The second kappa shape index (κ2) is 6.33. The van der Waals surface area contributed by atoms with Crippen LogP contribution in [0.2, 0.25) is 0 Å². The van der Waals surface area contributed by atoms with Crippen LogP contribution in [0.4, 0.5) is 0 Å². The molecule has 1 aromatic heterocycles. The van der Waals surface area contributed by atoms with Crippen molar-refractivity contribution >= 4 is 10.0 Å². The van der Waals surface area contributed by atoms with Crippen LogP contribution in [0, 0.1) is 0 Å². The first-order chi connectivity index (χ1) is 11.0. The van der Waals surface area contributed by atoms with Crippen molar-refractivity contribution in [2.24, 2.45) is 0 Å². The zero-order valence-corrected chi connectivity index (χ0v) is 14.0. The van der Waals surface area contributed by atoms with E-state index in [1.807, 2.05) is 24.3 Å². The number of aromatic nitrogens is 1. The first kappa shape index (κ1) is 16.0. The third-order valence-electron chi connectivity index (χ3n) is 4.05. The third kappa shape index (κ3) is 3.73. The summed E-state index contributed by atoms with van der Waals surface area (Å²) in [6.07, 6.45) is 4.33. The summed E-state index contributed by atoms with van der Waals surface area (Å²) in [7, 11) is -1.50. The molecule has 2 aromatic rings.